The standard InChI is InChI=1S/C8H13NO/c1-9-6-2-3-7(9)5-8(10)4-6/h2,7-8,10H,3-5H2,1H3. The maximum Gasteiger partial charge on any atom is 0.0614 e. The molecule has 2 atom stereocenters. The van der Waals surface area contributed by atoms with Crippen LogP contribution >= 0.6 is 0 Å². The number of aliphatic hydroxyl groups is 1. The first-order chi connectivity index (χ1) is 4.77. The predicted molar refractivity (Wildman–Crippen MR) is 39.5 cm³/mol. The van der Waals surface area contributed by atoms with Crippen LogP contribution in [0.15, 0.2) is 11.8 Å². The van der Waals surface area contributed by atoms with Gasteiger partial charge in [0.15, 0.2) is 0 Å². The lowest BCUT2D eigenvalue weighted by molar-refractivity contribution is 0.0958. The molecule has 1 N–H and O–H groups in total. The van der Waals surface area contributed by atoms with Crippen molar-refractivity contribution in [3.8, 4) is 0 Å². The molecule has 2 unspecified atom stereocenters. The zero-order chi connectivity index (χ0) is 7.14. The third kappa shape index (κ3) is 0.754. The maximum atomic E-state index is 9.34. The van der Waals surface area contributed by atoms with E-state index < -0.39 is 0 Å². The minimum absolute atomic E-state index is 0.0741. The molecule has 2 aliphatic heterocycles. The van der Waals surface area contributed by atoms with E-state index in [-0.39, 0.29) is 6.10 Å². The Morgan fingerprint density at radius 1 is 1.70 bits per heavy atom. The summed E-state index contributed by atoms with van der Waals surface area (Å²) in [4.78, 5) is 2.30. The number of aliphatic hydroxyl groups excluding tert-OH is 1. The summed E-state index contributed by atoms with van der Waals surface area (Å²) in [6.45, 7) is 0. The van der Waals surface area contributed by atoms with Crippen LogP contribution in [0.25, 0.3) is 0 Å². The quantitative estimate of drug-likeness (QED) is 0.534. The van der Waals surface area contributed by atoms with Gasteiger partial charge in [-0.05, 0) is 12.8 Å². The Balaban J connectivity index is 2.18. The second-order valence-electron chi connectivity index (χ2n) is 3.29. The van der Waals surface area contributed by atoms with Crippen molar-refractivity contribution < 1.29 is 5.11 Å². The molecule has 0 aromatic rings. The zero-order valence-corrected chi connectivity index (χ0v) is 6.25. The fourth-order valence-electron chi connectivity index (χ4n) is 1.93. The van der Waals surface area contributed by atoms with Crippen LogP contribution < -0.4 is 0 Å². The lowest BCUT2D eigenvalue weighted by Crippen LogP contribution is -2.35. The summed E-state index contributed by atoms with van der Waals surface area (Å²) in [7, 11) is 2.12. The van der Waals surface area contributed by atoms with E-state index in [1.54, 1.807) is 0 Å². The van der Waals surface area contributed by atoms with Gasteiger partial charge >= 0.3 is 0 Å². The summed E-state index contributed by atoms with van der Waals surface area (Å²) < 4.78 is 0. The number of rotatable bonds is 0. The molecule has 0 aromatic carbocycles. The van der Waals surface area contributed by atoms with E-state index in [4.69, 9.17) is 0 Å². The van der Waals surface area contributed by atoms with Crippen molar-refractivity contribution in [2.45, 2.75) is 31.4 Å². The highest BCUT2D eigenvalue weighted by molar-refractivity contribution is 5.15. The SMILES string of the molecule is CN1C2=CCC1CC(O)C2. The third-order valence-corrected chi connectivity index (χ3v) is 2.62. The summed E-state index contributed by atoms with van der Waals surface area (Å²) in [5.41, 5.74) is 1.34. The highest BCUT2D eigenvalue weighted by Gasteiger charge is 2.31. The van der Waals surface area contributed by atoms with E-state index in [0.29, 0.717) is 6.04 Å². The molecule has 0 radical (unpaired) electrons. The average Bonchev–Trinajstić information content (AvgIpc) is 2.20. The molecule has 2 nitrogen and oxygen atoms in total. The second kappa shape index (κ2) is 1.99. The van der Waals surface area contributed by atoms with Gasteiger partial charge in [0.2, 0.25) is 0 Å². The van der Waals surface area contributed by atoms with Gasteiger partial charge in [-0.2, -0.15) is 0 Å². The van der Waals surface area contributed by atoms with Gasteiger partial charge in [-0.1, -0.05) is 6.08 Å². The van der Waals surface area contributed by atoms with Crippen LogP contribution in [0.4, 0.5) is 0 Å². The van der Waals surface area contributed by atoms with E-state index >= 15 is 0 Å². The average molecular weight is 139 g/mol. The van der Waals surface area contributed by atoms with Gasteiger partial charge in [0.25, 0.3) is 0 Å². The fraction of sp³-hybridized carbons (Fsp3) is 0.750. The lowest BCUT2D eigenvalue weighted by Gasteiger charge is -2.33. The van der Waals surface area contributed by atoms with Crippen LogP contribution in [0.2, 0.25) is 0 Å². The van der Waals surface area contributed by atoms with Crippen molar-refractivity contribution >= 4 is 0 Å². The normalized spacial score (nSPS) is 38.2. The van der Waals surface area contributed by atoms with Crippen molar-refractivity contribution in [3.63, 3.8) is 0 Å². The lowest BCUT2D eigenvalue weighted by atomic mass is 10.0. The Labute approximate surface area is 61.1 Å². The molecule has 56 valence electrons. The van der Waals surface area contributed by atoms with Crippen molar-refractivity contribution in [2.75, 3.05) is 7.05 Å². The van der Waals surface area contributed by atoms with E-state index in [1.165, 1.54) is 5.70 Å². The molecule has 0 spiro atoms. The second-order valence-corrected chi connectivity index (χ2v) is 3.29. The van der Waals surface area contributed by atoms with Crippen molar-refractivity contribution in [1.29, 1.82) is 0 Å². The first-order valence-corrected chi connectivity index (χ1v) is 3.87. The van der Waals surface area contributed by atoms with Crippen LogP contribution in [0, 0.1) is 0 Å². The summed E-state index contributed by atoms with van der Waals surface area (Å²) in [6, 6.07) is 0.596. The summed E-state index contributed by atoms with van der Waals surface area (Å²) in [5.74, 6) is 0. The molecule has 2 heterocycles. The van der Waals surface area contributed by atoms with Crippen molar-refractivity contribution in [3.05, 3.63) is 11.8 Å². The predicted octanol–water partition coefficient (Wildman–Crippen LogP) is 0.729. The summed E-state index contributed by atoms with van der Waals surface area (Å²) >= 11 is 0. The molecule has 2 aliphatic rings. The first kappa shape index (κ1) is 6.23. The molecule has 2 rings (SSSR count). The molecule has 1 saturated heterocycles. The van der Waals surface area contributed by atoms with Gasteiger partial charge in [0.1, 0.15) is 0 Å². The minimum Gasteiger partial charge on any atom is -0.393 e. The first-order valence-electron chi connectivity index (χ1n) is 3.87. The molecule has 1 fully saturated rings. The molecule has 10 heavy (non-hydrogen) atoms. The number of hydrogen-bond acceptors (Lipinski definition) is 2. The highest BCUT2D eigenvalue weighted by atomic mass is 16.3. The van der Waals surface area contributed by atoms with E-state index in [1.807, 2.05) is 0 Å². The molecular formula is C8H13NO. The van der Waals surface area contributed by atoms with Crippen LogP contribution in [-0.2, 0) is 0 Å². The van der Waals surface area contributed by atoms with Crippen LogP contribution in [0.1, 0.15) is 19.3 Å². The van der Waals surface area contributed by atoms with Crippen molar-refractivity contribution in [1.82, 2.24) is 4.90 Å². The van der Waals surface area contributed by atoms with Crippen LogP contribution in [0.3, 0.4) is 0 Å². The Hall–Kier alpha value is -0.500. The topological polar surface area (TPSA) is 23.5 Å². The van der Waals surface area contributed by atoms with Gasteiger partial charge in [-0.15, -0.1) is 0 Å². The van der Waals surface area contributed by atoms with Gasteiger partial charge < -0.3 is 10.0 Å². The number of piperidine rings is 1. The largest absolute Gasteiger partial charge is 0.393 e. The monoisotopic (exact) mass is 139 g/mol. The molecule has 0 aliphatic carbocycles. The van der Waals surface area contributed by atoms with Crippen molar-refractivity contribution in [2.24, 2.45) is 0 Å². The Bertz CT molecular complexity index is 176. The smallest absolute Gasteiger partial charge is 0.0614 e. The molecule has 2 heteroatoms. The highest BCUT2D eigenvalue weighted by Crippen LogP contribution is 2.32. The Morgan fingerprint density at radius 2 is 2.50 bits per heavy atom. The van der Waals surface area contributed by atoms with E-state index in [9.17, 15) is 5.11 Å². The van der Waals surface area contributed by atoms with Crippen LogP contribution in [0.5, 0.6) is 0 Å². The number of nitrogens with zero attached hydrogens (tertiary/aromatic N) is 1. The van der Waals surface area contributed by atoms with Crippen LogP contribution in [-0.4, -0.2) is 29.2 Å². The molecule has 2 bridgehead atoms. The zero-order valence-electron chi connectivity index (χ0n) is 6.25. The van der Waals surface area contributed by atoms with Gasteiger partial charge in [-0.25, -0.2) is 0 Å². The summed E-state index contributed by atoms with van der Waals surface area (Å²) in [5, 5.41) is 9.34. The maximum absolute atomic E-state index is 9.34. The Kier molecular flexibility index (Phi) is 1.24. The minimum atomic E-state index is -0.0741. The van der Waals surface area contributed by atoms with E-state index in [0.717, 1.165) is 19.3 Å². The Morgan fingerprint density at radius 3 is 3.20 bits per heavy atom. The number of fused-ring (bicyclic) bond motifs is 2. The van der Waals surface area contributed by atoms with Gasteiger partial charge in [0, 0.05) is 25.2 Å². The van der Waals surface area contributed by atoms with E-state index in [2.05, 4.69) is 18.0 Å². The third-order valence-electron chi connectivity index (χ3n) is 2.62. The van der Waals surface area contributed by atoms with Gasteiger partial charge in [0.05, 0.1) is 6.10 Å². The van der Waals surface area contributed by atoms with Gasteiger partial charge in [-0.3, -0.25) is 0 Å². The molecular weight excluding hydrogens is 126 g/mol. The molecule has 0 amide bonds. The number of hydrogen-bond donors (Lipinski definition) is 1. The summed E-state index contributed by atoms with van der Waals surface area (Å²) in [6.07, 6.45) is 5.14. The molecule has 0 aromatic heterocycles. The molecule has 0 saturated carbocycles. The fourth-order valence-corrected chi connectivity index (χ4v) is 1.93.